The van der Waals surface area contributed by atoms with E-state index >= 15 is 0 Å². The van der Waals surface area contributed by atoms with Gasteiger partial charge in [0.05, 0.1) is 5.25 Å². The predicted molar refractivity (Wildman–Crippen MR) is 72.1 cm³/mol. The van der Waals surface area contributed by atoms with Crippen LogP contribution in [0.4, 0.5) is 0 Å². The summed E-state index contributed by atoms with van der Waals surface area (Å²) in [4.78, 5) is 0. The summed E-state index contributed by atoms with van der Waals surface area (Å²) in [6, 6.07) is 0.112. The Labute approximate surface area is 111 Å². The van der Waals surface area contributed by atoms with Crippen LogP contribution in [0.2, 0.25) is 0 Å². The average molecular weight is 283 g/mol. The van der Waals surface area contributed by atoms with Gasteiger partial charge in [0, 0.05) is 25.7 Å². The maximum absolute atomic E-state index is 12.4. The molecule has 1 N–H and O–H groups in total. The fourth-order valence-electron chi connectivity index (χ4n) is 2.75. The van der Waals surface area contributed by atoms with Crippen LogP contribution in [-0.4, -0.2) is 43.6 Å². The largest absolute Gasteiger partial charge is 0.314 e. The van der Waals surface area contributed by atoms with Crippen LogP contribution in [0.3, 0.4) is 0 Å². The van der Waals surface area contributed by atoms with E-state index < -0.39 is 10.0 Å². The van der Waals surface area contributed by atoms with Crippen molar-refractivity contribution in [3.8, 4) is 0 Å². The molecule has 0 aromatic heterocycles. The van der Waals surface area contributed by atoms with Crippen LogP contribution in [0, 0.1) is 0 Å². The monoisotopic (exact) mass is 282 g/mol. The molecule has 2 aliphatic rings. The summed E-state index contributed by atoms with van der Waals surface area (Å²) in [5, 5.41) is 3.12. The number of halogens is 1. The van der Waals surface area contributed by atoms with E-state index in [0.29, 0.717) is 6.54 Å². The highest BCUT2D eigenvalue weighted by molar-refractivity contribution is 7.89. The standard InChI is InChI=1S/C11H22N2O2S.ClH/c1-10-9-12-7-8-13(10)16(14,15)11-5-3-2-4-6-11;/h10-12H,2-9H2,1H3;1H/t10-;/m1./s1. The van der Waals surface area contributed by atoms with Gasteiger partial charge in [-0.15, -0.1) is 12.4 Å². The molecule has 1 aliphatic heterocycles. The molecule has 1 heterocycles. The van der Waals surface area contributed by atoms with Gasteiger partial charge in [0.25, 0.3) is 0 Å². The third-order valence-electron chi connectivity index (χ3n) is 3.74. The van der Waals surface area contributed by atoms with Gasteiger partial charge in [-0.05, 0) is 19.8 Å². The minimum atomic E-state index is -3.04. The fourth-order valence-corrected chi connectivity index (χ4v) is 4.99. The van der Waals surface area contributed by atoms with Crippen LogP contribution < -0.4 is 5.32 Å². The highest BCUT2D eigenvalue weighted by Crippen LogP contribution is 2.27. The number of hydrogen-bond acceptors (Lipinski definition) is 3. The molecule has 0 amide bonds. The van der Waals surface area contributed by atoms with Crippen LogP contribution in [0.15, 0.2) is 0 Å². The Kier molecular flexibility index (Phi) is 5.70. The van der Waals surface area contributed by atoms with Gasteiger partial charge < -0.3 is 5.32 Å². The van der Waals surface area contributed by atoms with E-state index in [0.717, 1.165) is 38.8 Å². The van der Waals surface area contributed by atoms with E-state index in [1.165, 1.54) is 6.42 Å². The Morgan fingerprint density at radius 3 is 2.41 bits per heavy atom. The van der Waals surface area contributed by atoms with Crippen LogP contribution in [0.5, 0.6) is 0 Å². The molecule has 4 nitrogen and oxygen atoms in total. The van der Waals surface area contributed by atoms with Crippen molar-refractivity contribution in [3.63, 3.8) is 0 Å². The molecule has 0 aromatic rings. The first-order chi connectivity index (χ1) is 7.62. The summed E-state index contributed by atoms with van der Waals surface area (Å²) in [5.74, 6) is 0. The smallest absolute Gasteiger partial charge is 0.217 e. The van der Waals surface area contributed by atoms with Crippen molar-refractivity contribution in [1.29, 1.82) is 0 Å². The molecule has 1 aliphatic carbocycles. The van der Waals surface area contributed by atoms with Crippen molar-refractivity contribution >= 4 is 22.4 Å². The molecule has 6 heteroatoms. The van der Waals surface area contributed by atoms with Gasteiger partial charge in [0.2, 0.25) is 10.0 Å². The maximum atomic E-state index is 12.4. The highest BCUT2D eigenvalue weighted by atomic mass is 35.5. The Bertz CT molecular complexity index is 328. The third kappa shape index (κ3) is 3.34. The average Bonchev–Trinajstić information content (AvgIpc) is 2.30. The van der Waals surface area contributed by atoms with Gasteiger partial charge in [-0.2, -0.15) is 4.31 Å². The summed E-state index contributed by atoms with van der Waals surface area (Å²) < 4.78 is 26.6. The number of nitrogens with one attached hydrogen (secondary N) is 1. The van der Waals surface area contributed by atoms with Crippen molar-refractivity contribution in [2.24, 2.45) is 0 Å². The van der Waals surface area contributed by atoms with Gasteiger partial charge in [0.15, 0.2) is 0 Å². The predicted octanol–water partition coefficient (Wildman–Crippen LogP) is 1.36. The normalized spacial score (nSPS) is 28.6. The lowest BCUT2D eigenvalue weighted by Crippen LogP contribution is -2.54. The first-order valence-electron chi connectivity index (χ1n) is 6.34. The number of sulfonamides is 1. The van der Waals surface area contributed by atoms with E-state index in [1.807, 2.05) is 6.92 Å². The molecule has 0 bridgehead atoms. The van der Waals surface area contributed by atoms with Crippen molar-refractivity contribution in [3.05, 3.63) is 0 Å². The quantitative estimate of drug-likeness (QED) is 0.832. The minimum Gasteiger partial charge on any atom is -0.314 e. The van der Waals surface area contributed by atoms with Crippen LogP contribution >= 0.6 is 12.4 Å². The first kappa shape index (κ1) is 15.2. The molecule has 0 spiro atoms. The van der Waals surface area contributed by atoms with E-state index in [9.17, 15) is 8.42 Å². The van der Waals surface area contributed by atoms with Gasteiger partial charge in [-0.25, -0.2) is 8.42 Å². The van der Waals surface area contributed by atoms with Gasteiger partial charge in [-0.3, -0.25) is 0 Å². The molecule has 17 heavy (non-hydrogen) atoms. The molecule has 0 aromatic carbocycles. The second-order valence-corrected chi connectivity index (χ2v) is 7.13. The Balaban J connectivity index is 0.00000144. The summed E-state index contributed by atoms with van der Waals surface area (Å²) in [6.45, 7) is 4.20. The highest BCUT2D eigenvalue weighted by Gasteiger charge is 2.36. The van der Waals surface area contributed by atoms with Gasteiger partial charge in [-0.1, -0.05) is 19.3 Å². The Morgan fingerprint density at radius 1 is 1.18 bits per heavy atom. The van der Waals surface area contributed by atoms with Crippen molar-refractivity contribution in [2.45, 2.75) is 50.3 Å². The van der Waals surface area contributed by atoms with Gasteiger partial charge in [0.1, 0.15) is 0 Å². The number of rotatable bonds is 2. The fraction of sp³-hybridized carbons (Fsp3) is 1.00. The molecule has 1 atom stereocenters. The molecule has 2 rings (SSSR count). The van der Waals surface area contributed by atoms with Crippen LogP contribution in [-0.2, 0) is 10.0 Å². The molecular weight excluding hydrogens is 260 g/mol. The van der Waals surface area contributed by atoms with Crippen LogP contribution in [0.1, 0.15) is 39.0 Å². The third-order valence-corrected chi connectivity index (χ3v) is 6.25. The minimum absolute atomic E-state index is 0. The van der Waals surface area contributed by atoms with Crippen molar-refractivity contribution in [2.75, 3.05) is 19.6 Å². The first-order valence-corrected chi connectivity index (χ1v) is 7.84. The second-order valence-electron chi connectivity index (χ2n) is 4.97. The summed E-state index contributed by atoms with van der Waals surface area (Å²) in [6.07, 6.45) is 5.07. The zero-order valence-electron chi connectivity index (χ0n) is 10.4. The lowest BCUT2D eigenvalue weighted by molar-refractivity contribution is 0.277. The van der Waals surface area contributed by atoms with Crippen LogP contribution in [0.25, 0.3) is 0 Å². The maximum Gasteiger partial charge on any atom is 0.217 e. The van der Waals surface area contributed by atoms with E-state index in [2.05, 4.69) is 5.32 Å². The SMILES string of the molecule is C[C@@H]1CNCCN1S(=O)(=O)C1CCCCC1.Cl. The number of piperazine rings is 1. The summed E-state index contributed by atoms with van der Waals surface area (Å²) >= 11 is 0. The lowest BCUT2D eigenvalue weighted by Gasteiger charge is -2.36. The summed E-state index contributed by atoms with van der Waals surface area (Å²) in [7, 11) is -3.04. The molecule has 1 saturated carbocycles. The van der Waals surface area contributed by atoms with E-state index in [-0.39, 0.29) is 23.7 Å². The lowest BCUT2D eigenvalue weighted by atomic mass is 10.0. The molecule has 0 unspecified atom stereocenters. The Morgan fingerprint density at radius 2 is 1.82 bits per heavy atom. The molecule has 102 valence electrons. The number of nitrogens with zero attached hydrogens (tertiary/aromatic N) is 1. The molecular formula is C11H23ClN2O2S. The second kappa shape index (κ2) is 6.36. The van der Waals surface area contributed by atoms with E-state index in [4.69, 9.17) is 0 Å². The van der Waals surface area contributed by atoms with Crippen molar-refractivity contribution < 1.29 is 8.42 Å². The topological polar surface area (TPSA) is 49.4 Å². The van der Waals surface area contributed by atoms with Gasteiger partial charge >= 0.3 is 0 Å². The molecule has 2 fully saturated rings. The summed E-state index contributed by atoms with van der Waals surface area (Å²) in [5.41, 5.74) is 0. The Hall–Kier alpha value is 0.160. The zero-order valence-corrected chi connectivity index (χ0v) is 12.0. The van der Waals surface area contributed by atoms with E-state index in [1.54, 1.807) is 4.31 Å². The molecule has 1 saturated heterocycles. The number of hydrogen-bond donors (Lipinski definition) is 1. The zero-order chi connectivity index (χ0) is 11.6. The molecule has 0 radical (unpaired) electrons. The van der Waals surface area contributed by atoms with Crippen molar-refractivity contribution in [1.82, 2.24) is 9.62 Å².